The zero-order chi connectivity index (χ0) is 92.7. The first kappa shape index (κ1) is 78.8. The molecule has 660 valence electrons. The molecule has 0 saturated heterocycles. The number of nitrogens with zero attached hydrogens (tertiary/aromatic N) is 4. The molecule has 0 bridgehead atoms. The fraction of sp³-hybridized carbons (Fsp3) is 0.0909. The van der Waals surface area contributed by atoms with E-state index in [2.05, 4.69) is 450 Å². The van der Waals surface area contributed by atoms with Gasteiger partial charge >= 0.3 is 0 Å². The fourth-order valence-electron chi connectivity index (χ4n) is 26.0. The van der Waals surface area contributed by atoms with Crippen LogP contribution in [0.3, 0.4) is 0 Å². The van der Waals surface area contributed by atoms with Gasteiger partial charge in [0.1, 0.15) is 22.3 Å². The van der Waals surface area contributed by atoms with Crippen molar-refractivity contribution >= 4 is 194 Å². The summed E-state index contributed by atoms with van der Waals surface area (Å²) in [6.07, 6.45) is 0. The molecule has 0 atom stereocenters. The highest BCUT2D eigenvalue weighted by Gasteiger charge is 2.42. The Labute approximate surface area is 814 Å². The van der Waals surface area contributed by atoms with Gasteiger partial charge in [-0.25, -0.2) is 0 Å². The maximum Gasteiger partial charge on any atom is 0.136 e. The lowest BCUT2D eigenvalue weighted by Gasteiger charge is -2.21. The predicted molar refractivity (Wildman–Crippen MR) is 592 cm³/mol. The maximum absolute atomic E-state index is 6.50. The van der Waals surface area contributed by atoms with Gasteiger partial charge < -0.3 is 27.1 Å². The molecule has 0 N–H and O–H groups in total. The van der Waals surface area contributed by atoms with Gasteiger partial charge in [0, 0.05) is 149 Å². The summed E-state index contributed by atoms with van der Waals surface area (Å²) >= 11 is 3.78. The Kier molecular flexibility index (Phi) is 15.6. The Balaban J connectivity index is 0.000000129. The Morgan fingerprint density at radius 1 is 0.164 bits per heavy atom. The van der Waals surface area contributed by atoms with Crippen molar-refractivity contribution in [3.05, 3.63) is 433 Å². The molecule has 8 heterocycles. The van der Waals surface area contributed by atoms with Crippen molar-refractivity contribution in [1.82, 2.24) is 18.3 Å². The Hall–Kier alpha value is -16.4. The summed E-state index contributed by atoms with van der Waals surface area (Å²) in [5.74, 6) is 0. The van der Waals surface area contributed by atoms with Crippen LogP contribution >= 0.6 is 22.7 Å². The first-order chi connectivity index (χ1) is 68.4. The van der Waals surface area contributed by atoms with E-state index in [9.17, 15) is 0 Å². The van der Waals surface area contributed by atoms with Gasteiger partial charge in [0.2, 0.25) is 0 Å². The highest BCUT2D eigenvalue weighted by atomic mass is 32.1. The van der Waals surface area contributed by atoms with Gasteiger partial charge in [-0.15, -0.1) is 22.7 Å². The summed E-state index contributed by atoms with van der Waals surface area (Å²) in [6, 6.07) is 146. The lowest BCUT2D eigenvalue weighted by Crippen LogP contribution is -2.15. The van der Waals surface area contributed by atoms with Gasteiger partial charge in [-0.2, -0.15) is 0 Å². The van der Waals surface area contributed by atoms with Gasteiger partial charge in [-0.3, -0.25) is 0 Å². The molecular formula is C132H88N4O2S2. The standard InChI is InChI=1S/C66H44N2O2.C66H44N2S2/c1-65(2)53-17-9-5-13-41(53)45-29-47-49-33-63-51(43-15-7-11-19-61(43)69-63)31-57(49)67(59(47)35-55(45)65)39-25-21-37(22-26-39)38-23-27-40(28-24-38)68-58-32-52-44-16-8-12-20-62(44)70-64(52)34-50(58)48-30-46-42-14-6-10-18-54(42)66(3,4)56(46)36-60(48)68;1-65(2)53-17-9-5-13-41(53)45-29-47-49-31-51-43-15-7-11-19-61(43)69-63(51)35-59(49)67(57(47)33-55(45)65)39-25-21-37(22-26-39)38-23-27-40(28-24-38)68-58-34-56-46(42-14-6-10-18-54(42)66(56,3)4)30-48(58)50-32-52-44-16-8-12-20-62(44)70-64(52)36-60(50)68/h2*5-36H,1-4H3. The van der Waals surface area contributed by atoms with Crippen LogP contribution in [0.4, 0.5) is 0 Å². The van der Waals surface area contributed by atoms with Crippen LogP contribution < -0.4 is 0 Å². The third kappa shape index (κ3) is 10.7. The molecule has 0 spiro atoms. The molecule has 28 aromatic rings. The zero-order valence-electron chi connectivity index (χ0n) is 78.4. The average molecular weight is 1830 g/mol. The Morgan fingerprint density at radius 3 is 0.714 bits per heavy atom. The summed E-state index contributed by atoms with van der Waals surface area (Å²) in [4.78, 5) is 0. The normalized spacial score (nSPS) is 14.5. The quantitative estimate of drug-likeness (QED) is 0.167. The Morgan fingerprint density at radius 2 is 0.407 bits per heavy atom. The summed E-state index contributed by atoms with van der Waals surface area (Å²) in [5, 5.41) is 19.9. The van der Waals surface area contributed by atoms with Crippen LogP contribution in [0.25, 0.3) is 261 Å². The highest BCUT2D eigenvalue weighted by Crippen LogP contribution is 2.59. The molecule has 4 aliphatic rings. The van der Waals surface area contributed by atoms with E-state index in [0.717, 1.165) is 55.3 Å². The van der Waals surface area contributed by atoms with Crippen molar-refractivity contribution in [2.24, 2.45) is 0 Å². The predicted octanol–water partition coefficient (Wildman–Crippen LogP) is 36.9. The third-order valence-electron chi connectivity index (χ3n) is 33.0. The zero-order valence-corrected chi connectivity index (χ0v) is 80.0. The molecule has 4 aliphatic carbocycles. The van der Waals surface area contributed by atoms with E-state index in [0.29, 0.717) is 0 Å². The van der Waals surface area contributed by atoms with E-state index in [1.54, 1.807) is 0 Å². The van der Waals surface area contributed by atoms with Crippen LogP contribution in [0.15, 0.2) is 397 Å². The van der Waals surface area contributed by atoms with Gasteiger partial charge in [-0.1, -0.05) is 274 Å². The topological polar surface area (TPSA) is 46.0 Å². The first-order valence-corrected chi connectivity index (χ1v) is 50.6. The molecule has 0 unspecified atom stereocenters. The second-order valence-electron chi connectivity index (χ2n) is 41.7. The van der Waals surface area contributed by atoms with Gasteiger partial charge in [0.15, 0.2) is 0 Å². The molecule has 8 aromatic heterocycles. The molecule has 0 saturated carbocycles. The summed E-state index contributed by atoms with van der Waals surface area (Å²) in [5.41, 5.74) is 44.1. The van der Waals surface area contributed by atoms with Crippen LogP contribution in [-0.2, 0) is 21.7 Å². The molecule has 0 fully saturated rings. The van der Waals surface area contributed by atoms with Crippen molar-refractivity contribution in [3.63, 3.8) is 0 Å². The summed E-state index contributed by atoms with van der Waals surface area (Å²) < 4.78 is 28.3. The first-order valence-electron chi connectivity index (χ1n) is 49.0. The minimum absolute atomic E-state index is 0.0967. The lowest BCUT2D eigenvalue weighted by molar-refractivity contribution is 0.661. The van der Waals surface area contributed by atoms with Crippen molar-refractivity contribution in [3.8, 4) is 89.5 Å². The molecule has 20 aromatic carbocycles. The van der Waals surface area contributed by atoms with Crippen molar-refractivity contribution in [2.75, 3.05) is 0 Å². The fourth-order valence-corrected chi connectivity index (χ4v) is 28.3. The second kappa shape index (κ2) is 27.8. The number of thiophene rings is 2. The van der Waals surface area contributed by atoms with Crippen molar-refractivity contribution < 1.29 is 8.83 Å². The van der Waals surface area contributed by atoms with E-state index < -0.39 is 0 Å². The minimum atomic E-state index is -0.122. The van der Waals surface area contributed by atoms with Crippen LogP contribution in [-0.4, -0.2) is 18.3 Å². The van der Waals surface area contributed by atoms with Crippen molar-refractivity contribution in [2.45, 2.75) is 77.0 Å². The number of furan rings is 2. The molecule has 0 aliphatic heterocycles. The van der Waals surface area contributed by atoms with E-state index in [1.165, 1.54) is 250 Å². The molecule has 0 amide bonds. The number of benzene rings is 20. The van der Waals surface area contributed by atoms with E-state index in [-0.39, 0.29) is 21.7 Å². The number of hydrogen-bond donors (Lipinski definition) is 0. The molecular weight excluding hydrogens is 1740 g/mol. The monoisotopic (exact) mass is 1820 g/mol. The molecule has 6 nitrogen and oxygen atoms in total. The third-order valence-corrected chi connectivity index (χ3v) is 35.3. The number of rotatable bonds is 6. The van der Waals surface area contributed by atoms with E-state index in [4.69, 9.17) is 8.83 Å². The smallest absolute Gasteiger partial charge is 0.136 e. The summed E-state index contributed by atoms with van der Waals surface area (Å²) in [6.45, 7) is 19.0. The SMILES string of the molecule is CC1(C)c2ccccc2-c2cc3c4cc5c(cc4n(-c4ccc(-c6ccc(-n7c8cc9c(cc8c8cc%10c(cc87)sc7ccccc7%10)-c7ccccc7C9(C)C)cc6)cc4)c3cc21)sc1ccccc15.CC1(C)c2ccccc2-c2cc3c4cc5oc6ccccc6c5cc4n(-c4ccc(-c5ccc(-n6c7cc8c(cc7c7cc9oc%10ccccc%10c9cc76)-c6ccccc6C8(C)C)cc5)cc4)c3cc21. The minimum Gasteiger partial charge on any atom is -0.456 e. The molecule has 32 rings (SSSR count). The van der Waals surface area contributed by atoms with Gasteiger partial charge in [0.05, 0.1) is 44.1 Å². The van der Waals surface area contributed by atoms with Crippen LogP contribution in [0, 0.1) is 0 Å². The van der Waals surface area contributed by atoms with Crippen LogP contribution in [0.5, 0.6) is 0 Å². The number of fused-ring (bicyclic) bond motifs is 36. The maximum atomic E-state index is 6.50. The van der Waals surface area contributed by atoms with E-state index in [1.807, 2.05) is 34.8 Å². The highest BCUT2D eigenvalue weighted by molar-refractivity contribution is 7.26. The molecule has 140 heavy (non-hydrogen) atoms. The molecule has 0 radical (unpaired) electrons. The number of para-hydroxylation sites is 2. The second-order valence-corrected chi connectivity index (χ2v) is 43.9. The van der Waals surface area contributed by atoms with E-state index >= 15 is 0 Å². The largest absolute Gasteiger partial charge is 0.456 e. The Bertz CT molecular complexity index is 9850. The van der Waals surface area contributed by atoms with Crippen LogP contribution in [0.1, 0.15) is 99.9 Å². The number of aromatic nitrogens is 4. The number of hydrogen-bond acceptors (Lipinski definition) is 4. The van der Waals surface area contributed by atoms with Crippen molar-refractivity contribution in [1.29, 1.82) is 0 Å². The van der Waals surface area contributed by atoms with Crippen LogP contribution in [0.2, 0.25) is 0 Å². The lowest BCUT2D eigenvalue weighted by atomic mass is 9.82. The summed E-state index contributed by atoms with van der Waals surface area (Å²) in [7, 11) is 0. The molecule has 8 heteroatoms. The van der Waals surface area contributed by atoms with Gasteiger partial charge in [0.25, 0.3) is 0 Å². The average Bonchev–Trinajstić information content (AvgIpc) is 1.55. The van der Waals surface area contributed by atoms with Gasteiger partial charge in [-0.05, 0) is 281 Å².